The average molecular weight is 238 g/mol. The summed E-state index contributed by atoms with van der Waals surface area (Å²) in [6.45, 7) is 1.10. The van der Waals surface area contributed by atoms with Gasteiger partial charge in [-0.25, -0.2) is 8.42 Å². The van der Waals surface area contributed by atoms with Crippen LogP contribution in [-0.4, -0.2) is 33.0 Å². The number of hydrogen-bond acceptors (Lipinski definition) is 3. The van der Waals surface area contributed by atoms with Crippen LogP contribution in [0.3, 0.4) is 0 Å². The van der Waals surface area contributed by atoms with Gasteiger partial charge >= 0.3 is 0 Å². The number of hydrogen-bond donors (Lipinski definition) is 0. The summed E-state index contributed by atoms with van der Waals surface area (Å²) in [5.41, 5.74) is 0. The molecule has 1 atom stereocenters. The maximum absolute atomic E-state index is 10.6. The first-order chi connectivity index (χ1) is 6.49. The Morgan fingerprint density at radius 1 is 1.50 bits per heavy atom. The van der Waals surface area contributed by atoms with Gasteiger partial charge in [-0.3, -0.25) is 0 Å². The summed E-state index contributed by atoms with van der Waals surface area (Å²) in [7, 11) is 3.67. The number of nitrogens with zero attached hydrogens (tertiary/aromatic N) is 1. The molecule has 0 amide bonds. The van der Waals surface area contributed by atoms with Crippen molar-refractivity contribution in [1.29, 1.82) is 0 Å². The predicted molar refractivity (Wildman–Crippen MR) is 58.8 cm³/mol. The van der Waals surface area contributed by atoms with Crippen LogP contribution in [0.1, 0.15) is 25.7 Å². The first kappa shape index (κ1) is 12.0. The number of rotatable bonds is 3. The molecule has 5 heteroatoms. The maximum atomic E-state index is 10.6. The highest BCUT2D eigenvalue weighted by Crippen LogP contribution is 2.18. The molecule has 0 aromatic carbocycles. The molecule has 1 heterocycles. The molecule has 1 aliphatic rings. The molecule has 0 saturated carbocycles. The molecule has 1 unspecified atom stereocenters. The average Bonchev–Trinajstić information content (AvgIpc) is 2.06. The Kier molecular flexibility index (Phi) is 4.41. The largest absolute Gasteiger partial charge is 0.303 e. The first-order valence-electron chi connectivity index (χ1n) is 4.80. The zero-order valence-corrected chi connectivity index (χ0v) is 9.89. The lowest BCUT2D eigenvalue weighted by Gasteiger charge is -2.31. The van der Waals surface area contributed by atoms with E-state index in [0.717, 1.165) is 24.8 Å². The van der Waals surface area contributed by atoms with E-state index in [-0.39, 0.29) is 0 Å². The van der Waals surface area contributed by atoms with Gasteiger partial charge in [0.05, 0.1) is 0 Å². The molecule has 0 N–H and O–H groups in total. The van der Waals surface area contributed by atoms with Gasteiger partial charge in [0.15, 0.2) is 0 Å². The molecule has 1 rings (SSSR count). The van der Waals surface area contributed by atoms with E-state index in [9.17, 15) is 8.42 Å². The molecule has 0 radical (unpaired) electrons. The van der Waals surface area contributed by atoms with Gasteiger partial charge in [-0.1, -0.05) is 12.5 Å². The van der Waals surface area contributed by atoms with Crippen LogP contribution in [0.4, 0.5) is 0 Å². The van der Waals surface area contributed by atoms with Crippen molar-refractivity contribution in [2.24, 2.45) is 0 Å². The van der Waals surface area contributed by atoms with Crippen molar-refractivity contribution in [3.05, 3.63) is 11.5 Å². The molecule has 0 spiro atoms. The van der Waals surface area contributed by atoms with Gasteiger partial charge in [-0.05, 0) is 32.9 Å². The third kappa shape index (κ3) is 4.44. The summed E-state index contributed by atoms with van der Waals surface area (Å²) >= 11 is 0. The minimum atomic E-state index is -3.47. The Labute approximate surface area is 90.2 Å². The molecule has 82 valence electrons. The van der Waals surface area contributed by atoms with Crippen molar-refractivity contribution >= 4 is 19.7 Å². The topological polar surface area (TPSA) is 37.4 Å². The van der Waals surface area contributed by atoms with E-state index in [1.165, 1.54) is 12.8 Å². The minimum Gasteiger partial charge on any atom is -0.303 e. The lowest BCUT2D eigenvalue weighted by molar-refractivity contribution is 0.187. The van der Waals surface area contributed by atoms with E-state index in [4.69, 9.17) is 10.7 Å². The van der Waals surface area contributed by atoms with Crippen molar-refractivity contribution in [3.8, 4) is 0 Å². The van der Waals surface area contributed by atoms with Gasteiger partial charge in [-0.2, -0.15) is 0 Å². The second kappa shape index (κ2) is 5.14. The standard InChI is InChI=1S/C9H16ClNO2S/c1-11-7-3-2-5-9(11)6-4-8-14(10,12)13/h4,8-9H,2-3,5-7H2,1H3/b8-4-. The third-order valence-corrected chi connectivity index (χ3v) is 3.41. The van der Waals surface area contributed by atoms with E-state index in [1.807, 2.05) is 0 Å². The van der Waals surface area contributed by atoms with Crippen molar-refractivity contribution in [2.75, 3.05) is 13.6 Å². The third-order valence-electron chi connectivity index (χ3n) is 2.59. The molecule has 14 heavy (non-hydrogen) atoms. The van der Waals surface area contributed by atoms with Crippen LogP contribution in [0, 0.1) is 0 Å². The van der Waals surface area contributed by atoms with Crippen LogP contribution >= 0.6 is 10.7 Å². The van der Waals surface area contributed by atoms with Gasteiger partial charge in [0.2, 0.25) is 0 Å². The highest BCUT2D eigenvalue weighted by atomic mass is 35.7. The van der Waals surface area contributed by atoms with Crippen LogP contribution in [0.25, 0.3) is 0 Å². The fraction of sp³-hybridized carbons (Fsp3) is 0.778. The van der Waals surface area contributed by atoms with Gasteiger partial charge in [0, 0.05) is 22.1 Å². The summed E-state index contributed by atoms with van der Waals surface area (Å²) in [5.74, 6) is 0. The molecular weight excluding hydrogens is 222 g/mol. The quantitative estimate of drug-likeness (QED) is 0.704. The second-order valence-electron chi connectivity index (χ2n) is 3.71. The van der Waals surface area contributed by atoms with Crippen LogP contribution in [0.15, 0.2) is 11.5 Å². The lowest BCUT2D eigenvalue weighted by Crippen LogP contribution is -2.35. The summed E-state index contributed by atoms with van der Waals surface area (Å²) in [6.07, 6.45) is 6.03. The molecule has 1 aliphatic heterocycles. The molecular formula is C9H16ClNO2S. The van der Waals surface area contributed by atoms with E-state index >= 15 is 0 Å². The summed E-state index contributed by atoms with van der Waals surface area (Å²) in [5, 5.41) is 1.08. The van der Waals surface area contributed by atoms with Crippen molar-refractivity contribution in [2.45, 2.75) is 31.7 Å². The molecule has 0 aliphatic carbocycles. The van der Waals surface area contributed by atoms with E-state index in [2.05, 4.69) is 11.9 Å². The SMILES string of the molecule is CN1CCCCC1C/C=C\S(=O)(=O)Cl. The Morgan fingerprint density at radius 3 is 2.79 bits per heavy atom. The number of likely N-dealkylation sites (tertiary alicyclic amines) is 1. The normalized spacial score (nSPS) is 25.7. The van der Waals surface area contributed by atoms with E-state index in [1.54, 1.807) is 6.08 Å². The molecule has 1 saturated heterocycles. The van der Waals surface area contributed by atoms with Crippen LogP contribution < -0.4 is 0 Å². The van der Waals surface area contributed by atoms with Crippen LogP contribution in [0.2, 0.25) is 0 Å². The van der Waals surface area contributed by atoms with Gasteiger partial charge in [0.1, 0.15) is 0 Å². The fourth-order valence-corrected chi connectivity index (χ4v) is 2.33. The highest BCUT2D eigenvalue weighted by molar-refractivity contribution is 8.16. The van der Waals surface area contributed by atoms with E-state index < -0.39 is 9.05 Å². The molecule has 0 aromatic rings. The minimum absolute atomic E-state index is 0.471. The van der Waals surface area contributed by atoms with Crippen LogP contribution in [-0.2, 0) is 9.05 Å². The summed E-state index contributed by atoms with van der Waals surface area (Å²) in [4.78, 5) is 2.27. The van der Waals surface area contributed by atoms with Crippen molar-refractivity contribution in [3.63, 3.8) is 0 Å². The highest BCUT2D eigenvalue weighted by Gasteiger charge is 2.17. The first-order valence-corrected chi connectivity index (χ1v) is 7.18. The Bertz CT molecular complexity index is 300. The monoisotopic (exact) mass is 237 g/mol. The van der Waals surface area contributed by atoms with Gasteiger partial charge in [-0.15, -0.1) is 0 Å². The van der Waals surface area contributed by atoms with Gasteiger partial charge in [0.25, 0.3) is 9.05 Å². The fourth-order valence-electron chi connectivity index (χ4n) is 1.77. The zero-order valence-electron chi connectivity index (χ0n) is 8.32. The Hall–Kier alpha value is -0.0600. The van der Waals surface area contributed by atoms with Crippen molar-refractivity contribution in [1.82, 2.24) is 4.90 Å². The Morgan fingerprint density at radius 2 is 2.21 bits per heavy atom. The molecule has 0 bridgehead atoms. The van der Waals surface area contributed by atoms with Crippen LogP contribution in [0.5, 0.6) is 0 Å². The number of piperidine rings is 1. The zero-order chi connectivity index (χ0) is 10.6. The summed E-state index contributed by atoms with van der Waals surface area (Å²) in [6, 6.07) is 0.471. The Balaban J connectivity index is 2.40. The second-order valence-corrected chi connectivity index (χ2v) is 6.23. The maximum Gasteiger partial charge on any atom is 0.254 e. The van der Waals surface area contributed by atoms with Gasteiger partial charge < -0.3 is 4.90 Å². The predicted octanol–water partition coefficient (Wildman–Crippen LogP) is 1.94. The molecule has 0 aromatic heterocycles. The number of halogens is 1. The van der Waals surface area contributed by atoms with E-state index in [0.29, 0.717) is 6.04 Å². The smallest absolute Gasteiger partial charge is 0.254 e. The van der Waals surface area contributed by atoms with Crippen molar-refractivity contribution < 1.29 is 8.42 Å². The lowest BCUT2D eigenvalue weighted by atomic mass is 10.0. The summed E-state index contributed by atoms with van der Waals surface area (Å²) < 4.78 is 21.2. The molecule has 3 nitrogen and oxygen atoms in total. The molecule has 1 fully saturated rings.